The van der Waals surface area contributed by atoms with Crippen molar-refractivity contribution >= 4 is 28.9 Å². The van der Waals surface area contributed by atoms with Crippen molar-refractivity contribution in [2.75, 3.05) is 11.9 Å². The van der Waals surface area contributed by atoms with E-state index in [4.69, 9.17) is 4.84 Å². The fraction of sp³-hybridized carbons (Fsp3) is 0.273. The van der Waals surface area contributed by atoms with E-state index in [1.807, 2.05) is 38.2 Å². The molecule has 8 nitrogen and oxygen atoms in total. The van der Waals surface area contributed by atoms with Gasteiger partial charge in [-0.15, -0.1) is 0 Å². The van der Waals surface area contributed by atoms with Crippen LogP contribution in [0.4, 0.5) is 5.69 Å². The summed E-state index contributed by atoms with van der Waals surface area (Å²) in [7, 11) is 0. The Labute approximate surface area is 173 Å². The Morgan fingerprint density at radius 3 is 2.87 bits per heavy atom. The lowest BCUT2D eigenvalue weighted by molar-refractivity contribution is 0.0753. The molecule has 154 valence electrons. The number of benzene rings is 1. The van der Waals surface area contributed by atoms with Crippen LogP contribution in [-0.4, -0.2) is 39.6 Å². The molecular weight excluding hydrogens is 382 g/mol. The van der Waals surface area contributed by atoms with Gasteiger partial charge in [-0.3, -0.25) is 9.59 Å². The van der Waals surface area contributed by atoms with Gasteiger partial charge in [-0.05, 0) is 43.2 Å². The largest absolute Gasteiger partial charge is 0.390 e. The van der Waals surface area contributed by atoms with Crippen LogP contribution in [-0.2, 0) is 4.84 Å². The van der Waals surface area contributed by atoms with Gasteiger partial charge in [0.15, 0.2) is 0 Å². The van der Waals surface area contributed by atoms with Crippen LogP contribution < -0.4 is 10.6 Å². The molecule has 3 aromatic rings. The van der Waals surface area contributed by atoms with Gasteiger partial charge in [0.05, 0.1) is 12.3 Å². The quantitative estimate of drug-likeness (QED) is 0.658. The van der Waals surface area contributed by atoms with E-state index in [2.05, 4.69) is 20.8 Å². The Bertz CT molecular complexity index is 1100. The van der Waals surface area contributed by atoms with Gasteiger partial charge in [0.25, 0.3) is 11.8 Å². The molecule has 4 rings (SSSR count). The van der Waals surface area contributed by atoms with E-state index in [1.54, 1.807) is 28.8 Å². The number of carbonyl (C=O) groups excluding carboxylic acids is 2. The van der Waals surface area contributed by atoms with Gasteiger partial charge in [0.1, 0.15) is 17.4 Å². The van der Waals surface area contributed by atoms with Gasteiger partial charge in [-0.25, -0.2) is 4.98 Å². The summed E-state index contributed by atoms with van der Waals surface area (Å²) in [5.41, 5.74) is 3.88. The molecule has 0 spiro atoms. The summed E-state index contributed by atoms with van der Waals surface area (Å²) < 4.78 is 1.78. The predicted octanol–water partition coefficient (Wildman–Crippen LogP) is 3.18. The summed E-state index contributed by atoms with van der Waals surface area (Å²) >= 11 is 0. The number of oxime groups is 1. The van der Waals surface area contributed by atoms with E-state index in [0.29, 0.717) is 29.1 Å². The van der Waals surface area contributed by atoms with E-state index < -0.39 is 0 Å². The molecule has 3 heterocycles. The Hall–Kier alpha value is -3.68. The summed E-state index contributed by atoms with van der Waals surface area (Å²) in [6.07, 6.45) is 4.94. The molecule has 2 amide bonds. The molecule has 0 bridgehead atoms. The van der Waals surface area contributed by atoms with E-state index in [0.717, 1.165) is 24.1 Å². The van der Waals surface area contributed by atoms with Crippen molar-refractivity contribution in [3.63, 3.8) is 0 Å². The minimum Gasteiger partial charge on any atom is -0.390 e. The van der Waals surface area contributed by atoms with Crippen LogP contribution in [0.1, 0.15) is 46.2 Å². The van der Waals surface area contributed by atoms with Gasteiger partial charge in [-0.1, -0.05) is 24.2 Å². The second-order valence-corrected chi connectivity index (χ2v) is 7.23. The standard InChI is InChI=1S/C22H23N5O3/c1-3-16-11-17(30-26-16)12-23-21(28)15-8-7-14(2)18(10-15)25-22(29)19-13-27-9-5-4-6-20(27)24-19/h4-10,13,17H,3,11-12H2,1-2H3,(H,23,28)(H,25,29). The summed E-state index contributed by atoms with van der Waals surface area (Å²) in [5, 5.41) is 9.72. The molecular formula is C22H23N5O3. The lowest BCUT2D eigenvalue weighted by Crippen LogP contribution is -2.32. The maximum absolute atomic E-state index is 12.7. The lowest BCUT2D eigenvalue weighted by Gasteiger charge is -2.12. The number of imidazole rings is 1. The predicted molar refractivity (Wildman–Crippen MR) is 114 cm³/mol. The third kappa shape index (κ3) is 4.17. The smallest absolute Gasteiger partial charge is 0.275 e. The molecule has 1 atom stereocenters. The summed E-state index contributed by atoms with van der Waals surface area (Å²) in [4.78, 5) is 34.9. The molecule has 30 heavy (non-hydrogen) atoms. The van der Waals surface area contributed by atoms with Crippen LogP contribution in [0.25, 0.3) is 5.65 Å². The maximum atomic E-state index is 12.7. The number of rotatable bonds is 6. The molecule has 1 unspecified atom stereocenters. The molecule has 1 aliphatic rings. The molecule has 0 saturated heterocycles. The molecule has 2 aromatic heterocycles. The number of nitrogens with zero attached hydrogens (tertiary/aromatic N) is 3. The van der Waals surface area contributed by atoms with Crippen molar-refractivity contribution < 1.29 is 14.4 Å². The first-order valence-electron chi connectivity index (χ1n) is 9.89. The highest BCUT2D eigenvalue weighted by Crippen LogP contribution is 2.19. The molecule has 0 fully saturated rings. The first-order chi connectivity index (χ1) is 14.5. The van der Waals surface area contributed by atoms with Crippen molar-refractivity contribution in [1.29, 1.82) is 0 Å². The second kappa shape index (κ2) is 8.36. The number of pyridine rings is 1. The molecule has 0 saturated carbocycles. The lowest BCUT2D eigenvalue weighted by atomic mass is 10.1. The van der Waals surface area contributed by atoms with Crippen LogP contribution in [0.5, 0.6) is 0 Å². The van der Waals surface area contributed by atoms with Gasteiger partial charge < -0.3 is 19.9 Å². The Balaban J connectivity index is 1.42. The zero-order chi connectivity index (χ0) is 21.1. The fourth-order valence-corrected chi connectivity index (χ4v) is 3.24. The van der Waals surface area contributed by atoms with Crippen molar-refractivity contribution in [1.82, 2.24) is 14.7 Å². The number of hydrogen-bond acceptors (Lipinski definition) is 5. The van der Waals surface area contributed by atoms with Gasteiger partial charge >= 0.3 is 0 Å². The van der Waals surface area contributed by atoms with Crippen LogP contribution in [0.2, 0.25) is 0 Å². The number of carbonyl (C=O) groups is 2. The average Bonchev–Trinajstić information content (AvgIpc) is 3.40. The number of nitrogens with one attached hydrogen (secondary N) is 2. The normalized spacial score (nSPS) is 15.5. The molecule has 2 N–H and O–H groups in total. The maximum Gasteiger partial charge on any atom is 0.275 e. The molecule has 1 aliphatic heterocycles. The molecule has 0 aliphatic carbocycles. The van der Waals surface area contributed by atoms with E-state index in [1.165, 1.54) is 0 Å². The van der Waals surface area contributed by atoms with E-state index >= 15 is 0 Å². The van der Waals surface area contributed by atoms with Gasteiger partial charge in [0.2, 0.25) is 0 Å². The number of hydrogen-bond donors (Lipinski definition) is 2. The molecule has 1 aromatic carbocycles. The monoisotopic (exact) mass is 405 g/mol. The van der Waals surface area contributed by atoms with E-state index in [9.17, 15) is 9.59 Å². The third-order valence-electron chi connectivity index (χ3n) is 5.04. The Morgan fingerprint density at radius 2 is 2.10 bits per heavy atom. The number of aromatic nitrogens is 2. The van der Waals surface area contributed by atoms with Crippen molar-refractivity contribution in [3.05, 3.63) is 65.6 Å². The average molecular weight is 405 g/mol. The first kappa shape index (κ1) is 19.6. The Kier molecular flexibility index (Phi) is 5.47. The zero-order valence-electron chi connectivity index (χ0n) is 16.9. The highest BCUT2D eigenvalue weighted by atomic mass is 16.6. The fourth-order valence-electron chi connectivity index (χ4n) is 3.24. The summed E-state index contributed by atoms with van der Waals surface area (Å²) in [6.45, 7) is 4.27. The number of amides is 2. The minimum atomic E-state index is -0.331. The van der Waals surface area contributed by atoms with Crippen molar-refractivity contribution in [2.45, 2.75) is 32.8 Å². The first-order valence-corrected chi connectivity index (χ1v) is 9.89. The Morgan fingerprint density at radius 1 is 1.23 bits per heavy atom. The van der Waals surface area contributed by atoms with Gasteiger partial charge in [-0.2, -0.15) is 0 Å². The topological polar surface area (TPSA) is 97.1 Å². The van der Waals surface area contributed by atoms with Crippen LogP contribution in [0, 0.1) is 6.92 Å². The van der Waals surface area contributed by atoms with Crippen LogP contribution in [0.3, 0.4) is 0 Å². The highest BCUT2D eigenvalue weighted by Gasteiger charge is 2.21. The third-order valence-corrected chi connectivity index (χ3v) is 5.04. The van der Waals surface area contributed by atoms with Crippen molar-refractivity contribution in [3.8, 4) is 0 Å². The second-order valence-electron chi connectivity index (χ2n) is 7.23. The number of fused-ring (bicyclic) bond motifs is 1. The van der Waals surface area contributed by atoms with E-state index in [-0.39, 0.29) is 17.9 Å². The number of anilines is 1. The van der Waals surface area contributed by atoms with Crippen LogP contribution >= 0.6 is 0 Å². The SMILES string of the molecule is CCC1=NOC(CNC(=O)c2ccc(C)c(NC(=O)c3cn4ccccc4n3)c2)C1. The summed E-state index contributed by atoms with van der Waals surface area (Å²) in [5.74, 6) is -0.560. The summed E-state index contributed by atoms with van der Waals surface area (Å²) in [6, 6.07) is 10.8. The zero-order valence-corrected chi connectivity index (χ0v) is 16.9. The number of aryl methyl sites for hydroxylation is 1. The van der Waals surface area contributed by atoms with Crippen LogP contribution in [0.15, 0.2) is 53.9 Å². The highest BCUT2D eigenvalue weighted by molar-refractivity contribution is 6.04. The van der Waals surface area contributed by atoms with Crippen molar-refractivity contribution in [2.24, 2.45) is 5.16 Å². The minimum absolute atomic E-state index is 0.136. The molecule has 8 heteroatoms. The molecule has 0 radical (unpaired) electrons. The van der Waals surface area contributed by atoms with Gasteiger partial charge in [0, 0.05) is 30.1 Å².